The van der Waals surface area contributed by atoms with Crippen molar-refractivity contribution < 1.29 is 27.8 Å². The number of ether oxygens (including phenoxy) is 1. The molecule has 2 atom stereocenters. The molecule has 0 spiro atoms. The Bertz CT molecular complexity index is 303. The second-order valence-corrected chi connectivity index (χ2v) is 5.12. The second-order valence-electron chi connectivity index (χ2n) is 5.12. The van der Waals surface area contributed by atoms with Gasteiger partial charge in [0.1, 0.15) is 5.54 Å². The van der Waals surface area contributed by atoms with Gasteiger partial charge in [0.25, 0.3) is 0 Å². The summed E-state index contributed by atoms with van der Waals surface area (Å²) in [6.07, 6.45) is -3.72. The average Bonchev–Trinajstić information content (AvgIpc) is 2.77. The highest BCUT2D eigenvalue weighted by Crippen LogP contribution is 2.25. The average molecular weight is 283 g/mol. The van der Waals surface area contributed by atoms with Crippen molar-refractivity contribution in [1.29, 1.82) is 0 Å². The second kappa shape index (κ2) is 6.56. The van der Waals surface area contributed by atoms with Gasteiger partial charge in [-0.25, -0.2) is 0 Å². The molecule has 2 unspecified atom stereocenters. The van der Waals surface area contributed by atoms with Gasteiger partial charge in [-0.1, -0.05) is 0 Å². The number of rotatable bonds is 7. The van der Waals surface area contributed by atoms with Crippen LogP contribution in [0.25, 0.3) is 0 Å². The topological polar surface area (TPSA) is 58.6 Å². The summed E-state index contributed by atoms with van der Waals surface area (Å²) >= 11 is 0. The minimum Gasteiger partial charge on any atom is -0.480 e. The number of halogens is 3. The van der Waals surface area contributed by atoms with E-state index >= 15 is 0 Å². The number of hydrogen-bond donors (Lipinski definition) is 2. The number of aliphatic carboxylic acids is 1. The first kappa shape index (κ1) is 16.2. The van der Waals surface area contributed by atoms with Gasteiger partial charge in [0.2, 0.25) is 0 Å². The van der Waals surface area contributed by atoms with Crippen LogP contribution in [-0.2, 0) is 9.53 Å². The third kappa shape index (κ3) is 5.78. The predicted molar refractivity (Wildman–Crippen MR) is 62.9 cm³/mol. The Morgan fingerprint density at radius 2 is 2.11 bits per heavy atom. The van der Waals surface area contributed by atoms with Crippen molar-refractivity contribution in [3.63, 3.8) is 0 Å². The van der Waals surface area contributed by atoms with Crippen LogP contribution in [0.1, 0.15) is 39.0 Å². The predicted octanol–water partition coefficient (Wildman–Crippen LogP) is 2.33. The van der Waals surface area contributed by atoms with E-state index in [1.54, 1.807) is 0 Å². The third-order valence-corrected chi connectivity index (χ3v) is 3.35. The van der Waals surface area contributed by atoms with E-state index in [0.717, 1.165) is 12.8 Å². The maximum atomic E-state index is 12.1. The van der Waals surface area contributed by atoms with Gasteiger partial charge >= 0.3 is 12.1 Å². The Morgan fingerprint density at radius 3 is 2.58 bits per heavy atom. The molecule has 1 fully saturated rings. The van der Waals surface area contributed by atoms with E-state index in [1.165, 1.54) is 6.92 Å². The van der Waals surface area contributed by atoms with Crippen LogP contribution in [0.15, 0.2) is 0 Å². The molecule has 7 heteroatoms. The molecular formula is C12H20F3NO3. The van der Waals surface area contributed by atoms with Gasteiger partial charge in [0, 0.05) is 19.6 Å². The van der Waals surface area contributed by atoms with Crippen LogP contribution >= 0.6 is 0 Å². The molecule has 1 aliphatic heterocycles. The van der Waals surface area contributed by atoms with Crippen molar-refractivity contribution in [1.82, 2.24) is 5.32 Å². The number of nitrogens with one attached hydrogen (secondary N) is 1. The zero-order valence-corrected chi connectivity index (χ0v) is 10.9. The Balaban J connectivity index is 2.41. The van der Waals surface area contributed by atoms with Crippen LogP contribution in [0.4, 0.5) is 13.2 Å². The van der Waals surface area contributed by atoms with Crippen LogP contribution in [0, 0.1) is 0 Å². The summed E-state index contributed by atoms with van der Waals surface area (Å²) in [7, 11) is 0. The third-order valence-electron chi connectivity index (χ3n) is 3.35. The van der Waals surface area contributed by atoms with E-state index in [2.05, 4.69) is 5.32 Å². The summed E-state index contributed by atoms with van der Waals surface area (Å²) in [5.74, 6) is -1.13. The smallest absolute Gasteiger partial charge is 0.389 e. The molecule has 1 heterocycles. The summed E-state index contributed by atoms with van der Waals surface area (Å²) in [5, 5.41) is 12.0. The summed E-state index contributed by atoms with van der Waals surface area (Å²) in [6.45, 7) is 2.43. The highest BCUT2D eigenvalue weighted by molar-refractivity contribution is 5.78. The van der Waals surface area contributed by atoms with Gasteiger partial charge in [-0.3, -0.25) is 10.1 Å². The number of alkyl halides is 3. The van der Waals surface area contributed by atoms with E-state index in [9.17, 15) is 18.0 Å². The maximum absolute atomic E-state index is 12.1. The summed E-state index contributed by atoms with van der Waals surface area (Å²) in [6, 6.07) is 0. The Hall–Kier alpha value is -0.820. The quantitative estimate of drug-likeness (QED) is 0.753. The molecule has 1 aliphatic rings. The van der Waals surface area contributed by atoms with Crippen molar-refractivity contribution in [3.8, 4) is 0 Å². The van der Waals surface area contributed by atoms with Crippen LogP contribution < -0.4 is 5.32 Å². The van der Waals surface area contributed by atoms with E-state index in [0.29, 0.717) is 13.2 Å². The molecule has 0 saturated carbocycles. The van der Waals surface area contributed by atoms with Crippen molar-refractivity contribution in [2.24, 2.45) is 0 Å². The molecule has 0 aliphatic carbocycles. The van der Waals surface area contributed by atoms with Gasteiger partial charge in [-0.15, -0.1) is 0 Å². The molecule has 19 heavy (non-hydrogen) atoms. The molecule has 0 bridgehead atoms. The molecule has 0 aromatic rings. The molecular weight excluding hydrogens is 263 g/mol. The van der Waals surface area contributed by atoms with E-state index in [-0.39, 0.29) is 18.9 Å². The molecule has 112 valence electrons. The van der Waals surface area contributed by atoms with Crippen LogP contribution in [-0.4, -0.2) is 42.0 Å². The number of hydrogen-bond acceptors (Lipinski definition) is 3. The lowest BCUT2D eigenvalue weighted by atomic mass is 9.94. The fourth-order valence-corrected chi connectivity index (χ4v) is 2.06. The lowest BCUT2D eigenvalue weighted by Gasteiger charge is -2.28. The zero-order valence-electron chi connectivity index (χ0n) is 10.9. The summed E-state index contributed by atoms with van der Waals surface area (Å²) < 4.78 is 41.6. The molecule has 1 rings (SSSR count). The van der Waals surface area contributed by atoms with Gasteiger partial charge in [0.15, 0.2) is 0 Å². The van der Waals surface area contributed by atoms with Gasteiger partial charge in [-0.2, -0.15) is 13.2 Å². The number of carbonyl (C=O) groups is 1. The Labute approximate surface area is 110 Å². The molecule has 0 aromatic heterocycles. The fraction of sp³-hybridized carbons (Fsp3) is 0.917. The first-order valence-corrected chi connectivity index (χ1v) is 6.40. The highest BCUT2D eigenvalue weighted by atomic mass is 19.4. The standard InChI is InChI=1S/C12H20F3NO3/c1-11(10(17)18,5-3-6-12(13,14)15)16-8-9-4-2-7-19-9/h9,16H,2-8H2,1H3,(H,17,18). The van der Waals surface area contributed by atoms with Crippen LogP contribution in [0.5, 0.6) is 0 Å². The molecule has 0 aromatic carbocycles. The first-order valence-electron chi connectivity index (χ1n) is 6.40. The molecule has 0 radical (unpaired) electrons. The van der Waals surface area contributed by atoms with Crippen molar-refractivity contribution in [2.75, 3.05) is 13.2 Å². The highest BCUT2D eigenvalue weighted by Gasteiger charge is 2.35. The van der Waals surface area contributed by atoms with Gasteiger partial charge < -0.3 is 9.84 Å². The van der Waals surface area contributed by atoms with Crippen LogP contribution in [0.2, 0.25) is 0 Å². The van der Waals surface area contributed by atoms with E-state index in [1.807, 2.05) is 0 Å². The van der Waals surface area contributed by atoms with Crippen molar-refractivity contribution in [2.45, 2.75) is 56.8 Å². The number of carboxylic acids is 1. The van der Waals surface area contributed by atoms with E-state index in [4.69, 9.17) is 9.84 Å². The normalized spacial score (nSPS) is 23.3. The Morgan fingerprint density at radius 1 is 1.42 bits per heavy atom. The lowest BCUT2D eigenvalue weighted by molar-refractivity contribution is -0.148. The SMILES string of the molecule is CC(CCCC(F)(F)F)(NCC1CCCO1)C(=O)O. The molecule has 2 N–H and O–H groups in total. The fourth-order valence-electron chi connectivity index (χ4n) is 2.06. The maximum Gasteiger partial charge on any atom is 0.389 e. The Kier molecular flexibility index (Phi) is 5.61. The minimum absolute atomic E-state index is 0.0405. The summed E-state index contributed by atoms with van der Waals surface area (Å²) in [4.78, 5) is 11.2. The van der Waals surface area contributed by atoms with Crippen molar-refractivity contribution in [3.05, 3.63) is 0 Å². The minimum atomic E-state index is -4.24. The number of carboxylic acid groups (broad SMARTS) is 1. The van der Waals surface area contributed by atoms with E-state index < -0.39 is 24.1 Å². The molecule has 4 nitrogen and oxygen atoms in total. The van der Waals surface area contributed by atoms with Crippen molar-refractivity contribution >= 4 is 5.97 Å². The monoisotopic (exact) mass is 283 g/mol. The lowest BCUT2D eigenvalue weighted by Crippen LogP contribution is -2.51. The van der Waals surface area contributed by atoms with Crippen LogP contribution in [0.3, 0.4) is 0 Å². The largest absolute Gasteiger partial charge is 0.480 e. The first-order chi connectivity index (χ1) is 8.73. The molecule has 1 saturated heterocycles. The van der Waals surface area contributed by atoms with Gasteiger partial charge in [-0.05, 0) is 32.6 Å². The van der Waals surface area contributed by atoms with Gasteiger partial charge in [0.05, 0.1) is 6.10 Å². The molecule has 0 amide bonds. The zero-order chi connectivity index (χ0) is 14.5. The summed E-state index contributed by atoms with van der Waals surface area (Å²) in [5.41, 5.74) is -1.34.